The Balaban J connectivity index is 1.52. The van der Waals surface area contributed by atoms with Crippen molar-refractivity contribution in [2.75, 3.05) is 20.2 Å². The molecule has 1 amide bonds. The number of carbonyl (C=O) groups excluding carboxylic acids is 2. The number of hydrogen-bond acceptors (Lipinski definition) is 7. The van der Waals surface area contributed by atoms with Crippen molar-refractivity contribution < 1.29 is 45.8 Å². The second-order valence-electron chi connectivity index (χ2n) is 13.4. The van der Waals surface area contributed by atoms with Gasteiger partial charge in [-0.3, -0.25) is 14.2 Å². The molecule has 2 aromatic carbocycles. The van der Waals surface area contributed by atoms with Gasteiger partial charge in [-0.2, -0.15) is 22.0 Å². The van der Waals surface area contributed by atoms with Crippen molar-refractivity contribution in [3.8, 4) is 11.4 Å². The molecule has 0 N–H and O–H groups in total. The fourth-order valence-electron chi connectivity index (χ4n) is 6.28. The molecule has 2 aliphatic heterocycles. The molecule has 260 valence electrons. The molecule has 5 rings (SSSR count). The van der Waals surface area contributed by atoms with Crippen LogP contribution in [-0.2, 0) is 31.2 Å². The zero-order valence-electron chi connectivity index (χ0n) is 27.7. The molecule has 3 heterocycles. The molecule has 14 heteroatoms. The zero-order chi connectivity index (χ0) is 35.2. The van der Waals surface area contributed by atoms with Gasteiger partial charge < -0.3 is 19.1 Å². The van der Waals surface area contributed by atoms with Gasteiger partial charge in [0.25, 0.3) is 0 Å². The summed E-state index contributed by atoms with van der Waals surface area (Å²) >= 11 is 0. The minimum atomic E-state index is -4.74. The highest BCUT2D eigenvalue weighted by Crippen LogP contribution is 2.46. The van der Waals surface area contributed by atoms with Crippen LogP contribution in [-0.4, -0.2) is 57.3 Å². The third kappa shape index (κ3) is 7.48. The minimum absolute atomic E-state index is 0.0215. The van der Waals surface area contributed by atoms with Crippen molar-refractivity contribution in [3.63, 3.8) is 0 Å². The standard InChI is InChI=1S/C34H39F5N4O5/c1-19-22(8-7-9-25(19)46-6)29-23-17-21(34(37,38)39)10-11-24(23)43-30(40-41-31(43)33(5,35)36)26(47-29)18-27(44)42-14-12-20(13-15-42)16-28(45)48-32(2,3)4/h7-11,17,20,26,29H,12-16,18H2,1-6H3/t26-,29-/m1/s1. The number of esters is 1. The van der Waals surface area contributed by atoms with E-state index in [0.717, 1.165) is 22.8 Å². The zero-order valence-corrected chi connectivity index (χ0v) is 27.7. The molecule has 3 aromatic rings. The number of nitrogens with zero attached hydrogens (tertiary/aromatic N) is 4. The Bertz CT molecular complexity index is 1670. The summed E-state index contributed by atoms with van der Waals surface area (Å²) in [6, 6.07) is 7.77. The van der Waals surface area contributed by atoms with Gasteiger partial charge in [-0.25, -0.2) is 0 Å². The average molecular weight is 679 g/mol. The highest BCUT2D eigenvalue weighted by atomic mass is 19.4. The first-order valence-electron chi connectivity index (χ1n) is 15.7. The van der Waals surface area contributed by atoms with E-state index in [2.05, 4.69) is 10.2 Å². The van der Waals surface area contributed by atoms with E-state index in [1.165, 1.54) is 7.11 Å². The summed E-state index contributed by atoms with van der Waals surface area (Å²) < 4.78 is 90.5. The van der Waals surface area contributed by atoms with Gasteiger partial charge in [-0.15, -0.1) is 10.2 Å². The third-order valence-corrected chi connectivity index (χ3v) is 8.58. The third-order valence-electron chi connectivity index (χ3n) is 8.58. The Morgan fingerprint density at radius 1 is 0.958 bits per heavy atom. The predicted molar refractivity (Wildman–Crippen MR) is 164 cm³/mol. The summed E-state index contributed by atoms with van der Waals surface area (Å²) in [5.74, 6) is -4.69. The molecule has 1 saturated heterocycles. The summed E-state index contributed by atoms with van der Waals surface area (Å²) in [7, 11) is 1.45. The van der Waals surface area contributed by atoms with Gasteiger partial charge in [0.15, 0.2) is 5.82 Å². The first kappa shape index (κ1) is 35.2. The van der Waals surface area contributed by atoms with E-state index in [1.807, 2.05) is 0 Å². The molecule has 2 atom stereocenters. The van der Waals surface area contributed by atoms with Crippen molar-refractivity contribution >= 4 is 11.9 Å². The second kappa shape index (κ2) is 13.1. The number of hydrogen-bond donors (Lipinski definition) is 0. The number of ether oxygens (including phenoxy) is 3. The van der Waals surface area contributed by atoms with Gasteiger partial charge in [0.1, 0.15) is 23.6 Å². The van der Waals surface area contributed by atoms with Gasteiger partial charge >= 0.3 is 18.1 Å². The van der Waals surface area contributed by atoms with Crippen LogP contribution >= 0.6 is 0 Å². The van der Waals surface area contributed by atoms with E-state index in [0.29, 0.717) is 49.7 Å². The van der Waals surface area contributed by atoms with Crippen molar-refractivity contribution in [1.82, 2.24) is 19.7 Å². The molecular formula is C34H39F5N4O5. The maximum atomic E-state index is 15.0. The Morgan fingerprint density at radius 3 is 2.25 bits per heavy atom. The van der Waals surface area contributed by atoms with Gasteiger partial charge in [0, 0.05) is 32.0 Å². The lowest BCUT2D eigenvalue weighted by atomic mass is 9.93. The van der Waals surface area contributed by atoms with E-state index < -0.39 is 41.3 Å². The van der Waals surface area contributed by atoms with Crippen LogP contribution in [0.2, 0.25) is 0 Å². The van der Waals surface area contributed by atoms with Crippen LogP contribution in [0.25, 0.3) is 5.69 Å². The first-order chi connectivity index (χ1) is 22.4. The number of fused-ring (bicyclic) bond motifs is 3. The number of amides is 1. The van der Waals surface area contributed by atoms with Crippen molar-refractivity contribution in [2.45, 2.75) is 90.2 Å². The number of alkyl halides is 5. The predicted octanol–water partition coefficient (Wildman–Crippen LogP) is 7.24. The lowest BCUT2D eigenvalue weighted by molar-refractivity contribution is -0.156. The SMILES string of the molecule is COc1cccc([C@H]2O[C@H](CC(=O)N3CCC(CC(=O)OC(C)(C)C)CC3)c3nnc(C(C)(F)F)n3-c3ccc(C(F)(F)F)cc32)c1C. The molecule has 1 aromatic heterocycles. The fraction of sp³-hybridized carbons (Fsp3) is 0.529. The quantitative estimate of drug-likeness (QED) is 0.192. The highest BCUT2D eigenvalue weighted by Gasteiger charge is 2.42. The molecule has 1 fully saturated rings. The molecule has 0 saturated carbocycles. The molecule has 0 aliphatic carbocycles. The smallest absolute Gasteiger partial charge is 0.416 e. The highest BCUT2D eigenvalue weighted by molar-refractivity contribution is 5.77. The Morgan fingerprint density at radius 2 is 1.65 bits per heavy atom. The van der Waals surface area contributed by atoms with E-state index in [4.69, 9.17) is 14.2 Å². The van der Waals surface area contributed by atoms with Crippen LogP contribution in [0, 0.1) is 12.8 Å². The molecule has 0 bridgehead atoms. The van der Waals surface area contributed by atoms with E-state index in [-0.39, 0.29) is 47.7 Å². The normalized spacial score (nSPS) is 18.9. The summed E-state index contributed by atoms with van der Waals surface area (Å²) in [6.07, 6.45) is -6.25. The number of piperidine rings is 1. The maximum absolute atomic E-state index is 15.0. The molecule has 48 heavy (non-hydrogen) atoms. The van der Waals surface area contributed by atoms with Crippen LogP contribution in [0.5, 0.6) is 5.75 Å². The minimum Gasteiger partial charge on any atom is -0.496 e. The maximum Gasteiger partial charge on any atom is 0.416 e. The molecule has 0 spiro atoms. The molecule has 2 aliphatic rings. The second-order valence-corrected chi connectivity index (χ2v) is 13.4. The van der Waals surface area contributed by atoms with Crippen molar-refractivity contribution in [2.24, 2.45) is 5.92 Å². The van der Waals surface area contributed by atoms with Crippen LogP contribution < -0.4 is 4.74 Å². The first-order valence-corrected chi connectivity index (χ1v) is 15.7. The monoisotopic (exact) mass is 678 g/mol. The van der Waals surface area contributed by atoms with E-state index in [9.17, 15) is 31.5 Å². The van der Waals surface area contributed by atoms with E-state index in [1.54, 1.807) is 50.8 Å². The fourth-order valence-corrected chi connectivity index (χ4v) is 6.28. The average Bonchev–Trinajstić information content (AvgIpc) is 3.39. The van der Waals surface area contributed by atoms with Crippen molar-refractivity contribution in [1.29, 1.82) is 0 Å². The van der Waals surface area contributed by atoms with Gasteiger partial charge in [0.2, 0.25) is 11.7 Å². The number of likely N-dealkylation sites (tertiary alicyclic amines) is 1. The Kier molecular flexibility index (Phi) is 9.61. The topological polar surface area (TPSA) is 95.8 Å². The van der Waals surface area contributed by atoms with Crippen LogP contribution in [0.4, 0.5) is 22.0 Å². The van der Waals surface area contributed by atoms with Crippen molar-refractivity contribution in [3.05, 3.63) is 70.3 Å². The molecular weight excluding hydrogens is 639 g/mol. The Labute approximate surface area is 275 Å². The van der Waals surface area contributed by atoms with Gasteiger partial charge in [-0.05, 0) is 81.8 Å². The van der Waals surface area contributed by atoms with Crippen LogP contribution in [0.1, 0.15) is 99.5 Å². The van der Waals surface area contributed by atoms with Crippen LogP contribution in [0.3, 0.4) is 0 Å². The molecule has 9 nitrogen and oxygen atoms in total. The largest absolute Gasteiger partial charge is 0.496 e. The lowest BCUT2D eigenvalue weighted by Gasteiger charge is -2.33. The lowest BCUT2D eigenvalue weighted by Crippen LogP contribution is -2.40. The van der Waals surface area contributed by atoms with Gasteiger partial charge in [-0.1, -0.05) is 12.1 Å². The summed E-state index contributed by atoms with van der Waals surface area (Å²) in [4.78, 5) is 27.7. The summed E-state index contributed by atoms with van der Waals surface area (Å²) in [5.41, 5.74) is -0.693. The Hall–Kier alpha value is -4.07. The number of rotatable bonds is 7. The molecule has 0 unspecified atom stereocenters. The molecule has 0 radical (unpaired) electrons. The summed E-state index contributed by atoms with van der Waals surface area (Å²) in [5, 5.41) is 7.76. The number of benzene rings is 2. The summed E-state index contributed by atoms with van der Waals surface area (Å²) in [6.45, 7) is 8.40. The van der Waals surface area contributed by atoms with Gasteiger partial charge in [0.05, 0.1) is 24.8 Å². The number of halogens is 5. The number of aromatic nitrogens is 3. The van der Waals surface area contributed by atoms with E-state index >= 15 is 0 Å². The number of carbonyl (C=O) groups is 2. The van der Waals surface area contributed by atoms with Crippen LogP contribution in [0.15, 0.2) is 36.4 Å². The number of methoxy groups -OCH3 is 1.